The molecule has 5 atom stereocenters. The van der Waals surface area contributed by atoms with Crippen LogP contribution in [0.3, 0.4) is 0 Å². The number of hydrogen-bond acceptors (Lipinski definition) is 7. The van der Waals surface area contributed by atoms with Crippen molar-refractivity contribution in [3.05, 3.63) is 35.4 Å². The quantitative estimate of drug-likeness (QED) is 0.297. The highest BCUT2D eigenvalue weighted by Crippen LogP contribution is 2.46. The van der Waals surface area contributed by atoms with Crippen LogP contribution < -0.4 is 21.3 Å². The predicted octanol–water partition coefficient (Wildman–Crippen LogP) is 2.57. The molecule has 0 aromatic heterocycles. The number of unbranched alkanes of at least 4 members (excludes halogenated alkanes) is 2. The Bertz CT molecular complexity index is 895. The molecule has 8 heteroatoms. The maximum absolute atomic E-state index is 13.4. The number of fused-ring (bicyclic) bond motifs is 2. The van der Waals surface area contributed by atoms with E-state index in [1.165, 1.54) is 17.5 Å². The van der Waals surface area contributed by atoms with Gasteiger partial charge in [-0.25, -0.2) is 0 Å². The van der Waals surface area contributed by atoms with Gasteiger partial charge >= 0.3 is 5.97 Å². The van der Waals surface area contributed by atoms with Crippen molar-refractivity contribution in [1.29, 1.82) is 0 Å². The third-order valence-electron chi connectivity index (χ3n) is 9.04. The molecule has 8 nitrogen and oxygen atoms in total. The molecule has 0 radical (unpaired) electrons. The summed E-state index contributed by atoms with van der Waals surface area (Å²) in [6.45, 7) is 8.56. The first-order valence-electron chi connectivity index (χ1n) is 15.4. The molecule has 0 spiro atoms. The van der Waals surface area contributed by atoms with E-state index in [0.717, 1.165) is 77.8 Å². The lowest BCUT2D eigenvalue weighted by molar-refractivity contribution is -0.153. The number of hydrogen-bond donors (Lipinski definition) is 4. The number of carbonyl (C=O) groups is 2. The van der Waals surface area contributed by atoms with E-state index in [0.29, 0.717) is 37.6 Å². The molecule has 218 valence electrons. The zero-order valence-corrected chi connectivity index (χ0v) is 24.2. The first-order chi connectivity index (χ1) is 19.0. The van der Waals surface area contributed by atoms with E-state index in [1.54, 1.807) is 0 Å². The molecular formula is C31H51N5O3. The van der Waals surface area contributed by atoms with Crippen LogP contribution in [-0.2, 0) is 14.3 Å². The van der Waals surface area contributed by atoms with E-state index in [-0.39, 0.29) is 23.7 Å². The summed E-state index contributed by atoms with van der Waals surface area (Å²) in [4.78, 5) is 27.6. The molecule has 3 heterocycles. The van der Waals surface area contributed by atoms with Crippen LogP contribution in [-0.4, -0.2) is 88.3 Å². The molecule has 0 saturated carbocycles. The average Bonchev–Trinajstić information content (AvgIpc) is 3.15. The molecule has 1 aromatic rings. The number of ether oxygens (including phenoxy) is 1. The fourth-order valence-corrected chi connectivity index (χ4v) is 6.70. The van der Waals surface area contributed by atoms with Crippen molar-refractivity contribution in [1.82, 2.24) is 26.2 Å². The van der Waals surface area contributed by atoms with Crippen molar-refractivity contribution in [3.8, 4) is 0 Å². The van der Waals surface area contributed by atoms with Crippen LogP contribution in [0.2, 0.25) is 0 Å². The van der Waals surface area contributed by atoms with E-state index in [2.05, 4.69) is 64.4 Å². The lowest BCUT2D eigenvalue weighted by atomic mass is 9.76. The number of nitrogens with one attached hydrogen (secondary N) is 4. The number of carbonyl (C=O) groups excluding carboxylic acids is 2. The highest BCUT2D eigenvalue weighted by molar-refractivity contribution is 5.76. The Morgan fingerprint density at radius 3 is 2.49 bits per heavy atom. The molecule has 3 fully saturated rings. The highest BCUT2D eigenvalue weighted by Gasteiger charge is 2.49. The van der Waals surface area contributed by atoms with Crippen molar-refractivity contribution in [2.24, 2.45) is 11.8 Å². The third kappa shape index (κ3) is 9.00. The Morgan fingerprint density at radius 2 is 1.69 bits per heavy atom. The number of rotatable bonds is 8. The zero-order chi connectivity index (χ0) is 27.5. The molecule has 4 N–H and O–H groups in total. The molecular weight excluding hydrogens is 490 g/mol. The summed E-state index contributed by atoms with van der Waals surface area (Å²) in [5, 5.41) is 13.4. The van der Waals surface area contributed by atoms with Gasteiger partial charge in [0.15, 0.2) is 0 Å². The second-order valence-corrected chi connectivity index (χ2v) is 11.9. The maximum Gasteiger partial charge on any atom is 0.311 e. The van der Waals surface area contributed by atoms with Gasteiger partial charge in [-0.3, -0.25) is 14.5 Å². The number of esters is 1. The molecule has 4 rings (SSSR count). The fourth-order valence-electron chi connectivity index (χ4n) is 6.70. The maximum atomic E-state index is 13.4. The standard InChI is InChI=1S/C31H51N5O3/c1-23-7-9-25(10-8-23)27-20-26-11-12-28(36(26)2)30(27)31(38)39-19-5-3-4-6-24-21-33-16-15-32-14-13-29(37)35-18-17-34-22-24/h7-10,24,26-28,30,32-34H,3-6,11-22H2,1-2H3,(H,35,37)/t24?,26-,27+,28+,30-/m0/s1. The molecule has 3 aliphatic rings. The molecule has 2 bridgehead atoms. The SMILES string of the molecule is Cc1ccc([C@H]2C[C@@H]3CC[C@H]([C@H]2C(=O)OCCCCCC2CNCCNCCC(=O)NCCNC2)N3C)cc1. The van der Waals surface area contributed by atoms with Gasteiger partial charge in [0.05, 0.1) is 12.5 Å². The zero-order valence-electron chi connectivity index (χ0n) is 24.2. The number of benzene rings is 1. The van der Waals surface area contributed by atoms with Gasteiger partial charge in [-0.15, -0.1) is 0 Å². The molecule has 39 heavy (non-hydrogen) atoms. The smallest absolute Gasteiger partial charge is 0.311 e. The van der Waals surface area contributed by atoms with Gasteiger partial charge < -0.3 is 26.0 Å². The molecule has 1 unspecified atom stereocenters. The van der Waals surface area contributed by atoms with Gasteiger partial charge in [-0.1, -0.05) is 42.7 Å². The van der Waals surface area contributed by atoms with E-state index < -0.39 is 0 Å². The summed E-state index contributed by atoms with van der Waals surface area (Å²) in [7, 11) is 2.19. The van der Waals surface area contributed by atoms with Crippen LogP contribution in [0, 0.1) is 18.8 Å². The number of aryl methyl sites for hydroxylation is 1. The largest absolute Gasteiger partial charge is 0.465 e. The van der Waals surface area contributed by atoms with E-state index in [1.807, 2.05) is 0 Å². The summed E-state index contributed by atoms with van der Waals surface area (Å²) >= 11 is 0. The van der Waals surface area contributed by atoms with Gasteiger partial charge in [-0.05, 0) is 70.6 Å². The molecule has 1 aromatic carbocycles. The Balaban J connectivity index is 1.19. The topological polar surface area (TPSA) is 94.7 Å². The minimum atomic E-state index is -0.0717. The Hall–Kier alpha value is -2.00. The minimum absolute atomic E-state index is 0.00193. The summed E-state index contributed by atoms with van der Waals surface area (Å²) in [5.41, 5.74) is 2.55. The minimum Gasteiger partial charge on any atom is -0.465 e. The highest BCUT2D eigenvalue weighted by atomic mass is 16.5. The van der Waals surface area contributed by atoms with E-state index in [4.69, 9.17) is 4.74 Å². The second-order valence-electron chi connectivity index (χ2n) is 11.9. The van der Waals surface area contributed by atoms with Gasteiger partial charge in [-0.2, -0.15) is 0 Å². The van der Waals surface area contributed by atoms with Gasteiger partial charge in [0.25, 0.3) is 0 Å². The van der Waals surface area contributed by atoms with Gasteiger partial charge in [0.2, 0.25) is 5.91 Å². The summed E-state index contributed by atoms with van der Waals surface area (Å²) in [6.07, 6.45) is 8.10. The average molecular weight is 542 g/mol. The van der Waals surface area contributed by atoms with Gasteiger partial charge in [0, 0.05) is 57.1 Å². The van der Waals surface area contributed by atoms with Gasteiger partial charge in [0.1, 0.15) is 0 Å². The first kappa shape index (κ1) is 30.0. The molecule has 0 aliphatic carbocycles. The van der Waals surface area contributed by atoms with Crippen LogP contribution in [0.5, 0.6) is 0 Å². The van der Waals surface area contributed by atoms with Crippen LogP contribution in [0.15, 0.2) is 24.3 Å². The van der Waals surface area contributed by atoms with Crippen LogP contribution in [0.1, 0.15) is 68.4 Å². The number of piperidine rings is 1. The lowest BCUT2D eigenvalue weighted by Gasteiger charge is -2.42. The Kier molecular flexibility index (Phi) is 12.1. The van der Waals surface area contributed by atoms with Crippen LogP contribution in [0.4, 0.5) is 0 Å². The summed E-state index contributed by atoms with van der Waals surface area (Å²) in [6, 6.07) is 9.64. The Labute approximate surface area is 235 Å². The Morgan fingerprint density at radius 1 is 0.949 bits per heavy atom. The van der Waals surface area contributed by atoms with E-state index >= 15 is 0 Å². The van der Waals surface area contributed by atoms with Crippen molar-refractivity contribution in [2.75, 3.05) is 59.5 Å². The van der Waals surface area contributed by atoms with Crippen molar-refractivity contribution in [3.63, 3.8) is 0 Å². The number of nitrogens with zero attached hydrogens (tertiary/aromatic N) is 1. The van der Waals surface area contributed by atoms with E-state index in [9.17, 15) is 9.59 Å². The first-order valence-corrected chi connectivity index (χ1v) is 15.4. The molecule has 3 saturated heterocycles. The van der Waals surface area contributed by atoms with Crippen molar-refractivity contribution < 1.29 is 14.3 Å². The molecule has 1 amide bonds. The molecule has 3 aliphatic heterocycles. The second kappa shape index (κ2) is 15.7. The third-order valence-corrected chi connectivity index (χ3v) is 9.04. The van der Waals surface area contributed by atoms with Crippen LogP contribution >= 0.6 is 0 Å². The summed E-state index contributed by atoms with van der Waals surface area (Å²) in [5.74, 6) is 0.843. The predicted molar refractivity (Wildman–Crippen MR) is 156 cm³/mol. The fraction of sp³-hybridized carbons (Fsp3) is 0.742. The lowest BCUT2D eigenvalue weighted by Crippen LogP contribution is -2.49. The number of amides is 1. The summed E-state index contributed by atoms with van der Waals surface area (Å²) < 4.78 is 5.94. The normalized spacial score (nSPS) is 29.4. The van der Waals surface area contributed by atoms with Crippen LogP contribution in [0.25, 0.3) is 0 Å². The monoisotopic (exact) mass is 541 g/mol. The van der Waals surface area contributed by atoms with Crippen molar-refractivity contribution >= 4 is 11.9 Å². The van der Waals surface area contributed by atoms with Crippen molar-refractivity contribution in [2.45, 2.75) is 76.3 Å².